The van der Waals surface area contributed by atoms with Gasteiger partial charge in [-0.3, -0.25) is 19.7 Å². The molecule has 0 spiro atoms. The fourth-order valence-electron chi connectivity index (χ4n) is 5.61. The SMILES string of the molecule is CC(=O)c1c(C2CC3CCC(C2)N3C(=O)c2ncn[nH]2)nc2c(-c3cncc(F)c3)cnn2c1N. The van der Waals surface area contributed by atoms with Gasteiger partial charge in [0.15, 0.2) is 11.4 Å². The number of H-pyrrole nitrogens is 1. The van der Waals surface area contributed by atoms with Crippen molar-refractivity contribution in [3.63, 3.8) is 0 Å². The van der Waals surface area contributed by atoms with E-state index in [0.29, 0.717) is 40.9 Å². The maximum Gasteiger partial charge on any atom is 0.291 e. The van der Waals surface area contributed by atoms with Crippen LogP contribution < -0.4 is 5.73 Å². The lowest BCUT2D eigenvalue weighted by molar-refractivity contribution is 0.0556. The van der Waals surface area contributed by atoms with Gasteiger partial charge in [0.2, 0.25) is 5.82 Å². The van der Waals surface area contributed by atoms with Crippen molar-refractivity contribution in [3.05, 3.63) is 53.9 Å². The monoisotopic (exact) mass is 475 g/mol. The lowest BCUT2D eigenvalue weighted by atomic mass is 9.85. The van der Waals surface area contributed by atoms with Crippen molar-refractivity contribution in [2.45, 2.75) is 50.6 Å². The fraction of sp³-hybridized carbons (Fsp3) is 0.348. The standard InChI is InChI=1S/C23H22FN9O2/c1-11(34)18-19(12-5-15-2-3-16(6-12)32(15)23(35)21-27-10-28-31-21)30-22-17(9-29-33(22)20(18)25)13-4-14(24)8-26-7-13/h4,7-10,12,15-16H,2-3,5-6,25H2,1H3,(H,27,28,31). The number of aromatic nitrogens is 7. The molecule has 1 amide bonds. The number of Topliss-reactive ketones (excluding diaryl/α,β-unsaturated/α-hetero) is 1. The normalized spacial score (nSPS) is 21.5. The summed E-state index contributed by atoms with van der Waals surface area (Å²) in [6.45, 7) is 1.46. The molecule has 2 atom stereocenters. The van der Waals surface area contributed by atoms with Crippen LogP contribution in [0.2, 0.25) is 0 Å². The van der Waals surface area contributed by atoms with Crippen LogP contribution >= 0.6 is 0 Å². The van der Waals surface area contributed by atoms with E-state index in [-0.39, 0.29) is 41.3 Å². The zero-order valence-corrected chi connectivity index (χ0v) is 18.8. The molecule has 0 aromatic carbocycles. The Morgan fingerprint density at radius 1 is 1.17 bits per heavy atom. The molecule has 4 aromatic heterocycles. The number of carbonyl (C=O) groups is 2. The van der Waals surface area contributed by atoms with Crippen LogP contribution in [0.15, 0.2) is 31.0 Å². The first-order chi connectivity index (χ1) is 16.9. The van der Waals surface area contributed by atoms with Gasteiger partial charge in [-0.05, 0) is 38.7 Å². The predicted molar refractivity (Wildman–Crippen MR) is 122 cm³/mol. The molecule has 2 saturated heterocycles. The van der Waals surface area contributed by atoms with Crippen molar-refractivity contribution < 1.29 is 14.0 Å². The minimum Gasteiger partial charge on any atom is -0.383 e. The van der Waals surface area contributed by atoms with E-state index in [1.807, 2.05) is 4.90 Å². The van der Waals surface area contributed by atoms with E-state index in [1.165, 1.54) is 30.0 Å². The number of nitrogen functional groups attached to an aromatic ring is 1. The van der Waals surface area contributed by atoms with E-state index in [1.54, 1.807) is 6.20 Å². The Hall–Kier alpha value is -4.22. The Labute approximate surface area is 198 Å². The van der Waals surface area contributed by atoms with Gasteiger partial charge in [0, 0.05) is 35.3 Å². The van der Waals surface area contributed by atoms with Crippen molar-refractivity contribution in [1.82, 2.24) is 39.7 Å². The van der Waals surface area contributed by atoms with Crippen LogP contribution in [-0.4, -0.2) is 63.4 Å². The Kier molecular flexibility index (Phi) is 4.83. The van der Waals surface area contributed by atoms with Gasteiger partial charge in [-0.1, -0.05) is 0 Å². The average Bonchev–Trinajstić information content (AvgIpc) is 3.57. The second-order valence-electron chi connectivity index (χ2n) is 9.10. The maximum atomic E-state index is 13.9. The summed E-state index contributed by atoms with van der Waals surface area (Å²) in [5, 5.41) is 10.8. The van der Waals surface area contributed by atoms with E-state index in [0.717, 1.165) is 19.0 Å². The summed E-state index contributed by atoms with van der Waals surface area (Å²) in [5.74, 6) is -0.507. The van der Waals surface area contributed by atoms with Crippen LogP contribution in [0.5, 0.6) is 0 Å². The predicted octanol–water partition coefficient (Wildman–Crippen LogP) is 2.38. The van der Waals surface area contributed by atoms with E-state index in [9.17, 15) is 14.0 Å². The number of carbonyl (C=O) groups excluding carboxylic acids is 2. The topological polar surface area (TPSA) is 148 Å². The first-order valence-electron chi connectivity index (χ1n) is 11.4. The largest absolute Gasteiger partial charge is 0.383 e. The van der Waals surface area contributed by atoms with Gasteiger partial charge in [0.05, 0.1) is 23.7 Å². The van der Waals surface area contributed by atoms with Gasteiger partial charge in [0.1, 0.15) is 18.0 Å². The van der Waals surface area contributed by atoms with E-state index in [2.05, 4.69) is 25.3 Å². The van der Waals surface area contributed by atoms with Crippen LogP contribution in [0.4, 0.5) is 10.2 Å². The molecule has 4 aromatic rings. The molecular weight excluding hydrogens is 453 g/mol. The number of hydrogen-bond acceptors (Lipinski definition) is 8. The number of ketones is 1. The lowest BCUT2D eigenvalue weighted by Crippen LogP contribution is -2.46. The Balaban J connectivity index is 1.42. The molecule has 2 unspecified atom stereocenters. The molecule has 3 N–H and O–H groups in total. The summed E-state index contributed by atoms with van der Waals surface area (Å²) in [4.78, 5) is 40.4. The molecule has 2 aliphatic heterocycles. The van der Waals surface area contributed by atoms with Gasteiger partial charge in [-0.15, -0.1) is 0 Å². The second-order valence-corrected chi connectivity index (χ2v) is 9.10. The minimum atomic E-state index is -0.476. The number of anilines is 1. The van der Waals surface area contributed by atoms with Crippen molar-refractivity contribution in [3.8, 4) is 11.1 Å². The molecule has 35 heavy (non-hydrogen) atoms. The van der Waals surface area contributed by atoms with Gasteiger partial charge in [-0.2, -0.15) is 14.7 Å². The Bertz CT molecular complexity index is 1450. The molecule has 2 bridgehead atoms. The van der Waals surface area contributed by atoms with Crippen LogP contribution in [0, 0.1) is 5.82 Å². The first kappa shape index (κ1) is 21.3. The first-order valence-corrected chi connectivity index (χ1v) is 11.4. The number of pyridine rings is 1. The highest BCUT2D eigenvalue weighted by molar-refractivity contribution is 6.00. The third-order valence-corrected chi connectivity index (χ3v) is 7.05. The summed E-state index contributed by atoms with van der Waals surface area (Å²) in [5.41, 5.74) is 8.89. The van der Waals surface area contributed by atoms with Crippen LogP contribution in [0.1, 0.15) is 65.2 Å². The number of nitrogens with two attached hydrogens (primary N) is 1. The Morgan fingerprint density at radius 2 is 1.94 bits per heavy atom. The van der Waals surface area contributed by atoms with Gasteiger partial charge in [-0.25, -0.2) is 14.4 Å². The molecule has 2 fully saturated rings. The number of halogens is 1. The Morgan fingerprint density at radius 3 is 2.60 bits per heavy atom. The number of rotatable bonds is 4. The van der Waals surface area contributed by atoms with E-state index in [4.69, 9.17) is 10.7 Å². The minimum absolute atomic E-state index is 0.00721. The molecule has 6 rings (SSSR count). The zero-order chi connectivity index (χ0) is 24.3. The lowest BCUT2D eigenvalue weighted by Gasteiger charge is -2.38. The molecule has 0 saturated carbocycles. The molecule has 11 nitrogen and oxygen atoms in total. The number of hydrogen-bond donors (Lipinski definition) is 2. The number of amides is 1. The number of piperidine rings is 1. The molecule has 12 heteroatoms. The highest BCUT2D eigenvalue weighted by atomic mass is 19.1. The second kappa shape index (κ2) is 7.93. The average molecular weight is 475 g/mol. The van der Waals surface area contributed by atoms with Gasteiger partial charge >= 0.3 is 0 Å². The molecule has 2 aliphatic rings. The zero-order valence-electron chi connectivity index (χ0n) is 18.8. The number of aromatic amines is 1. The smallest absolute Gasteiger partial charge is 0.291 e. The fourth-order valence-corrected chi connectivity index (χ4v) is 5.61. The van der Waals surface area contributed by atoms with Crippen molar-refractivity contribution in [1.29, 1.82) is 0 Å². The van der Waals surface area contributed by atoms with Gasteiger partial charge < -0.3 is 10.6 Å². The molecule has 178 valence electrons. The quantitative estimate of drug-likeness (QED) is 0.428. The van der Waals surface area contributed by atoms with Crippen molar-refractivity contribution in [2.24, 2.45) is 0 Å². The molecule has 0 aliphatic carbocycles. The summed E-state index contributed by atoms with van der Waals surface area (Å²) in [6, 6.07) is 1.34. The van der Waals surface area contributed by atoms with E-state index < -0.39 is 5.82 Å². The third kappa shape index (κ3) is 3.35. The van der Waals surface area contributed by atoms with Crippen molar-refractivity contribution >= 4 is 23.2 Å². The molecule has 6 heterocycles. The maximum absolute atomic E-state index is 13.9. The highest BCUT2D eigenvalue weighted by Crippen LogP contribution is 2.45. The van der Waals surface area contributed by atoms with E-state index >= 15 is 0 Å². The summed E-state index contributed by atoms with van der Waals surface area (Å²) in [7, 11) is 0. The van der Waals surface area contributed by atoms with Crippen LogP contribution in [0.25, 0.3) is 16.8 Å². The summed E-state index contributed by atoms with van der Waals surface area (Å²) in [6.07, 6.45) is 8.53. The van der Waals surface area contributed by atoms with Crippen LogP contribution in [0.3, 0.4) is 0 Å². The van der Waals surface area contributed by atoms with Gasteiger partial charge in [0.25, 0.3) is 5.91 Å². The highest BCUT2D eigenvalue weighted by Gasteiger charge is 2.45. The third-order valence-electron chi connectivity index (χ3n) is 7.05. The molecular formula is C23H22FN9O2. The summed E-state index contributed by atoms with van der Waals surface area (Å²) >= 11 is 0. The summed E-state index contributed by atoms with van der Waals surface area (Å²) < 4.78 is 15.3. The molecule has 0 radical (unpaired) electrons. The van der Waals surface area contributed by atoms with Crippen LogP contribution in [-0.2, 0) is 0 Å². The number of nitrogens with one attached hydrogen (secondary N) is 1. The van der Waals surface area contributed by atoms with Crippen molar-refractivity contribution in [2.75, 3.05) is 5.73 Å². The number of fused-ring (bicyclic) bond motifs is 3. The number of nitrogens with zero attached hydrogens (tertiary/aromatic N) is 7.